The minimum absolute atomic E-state index is 0.0444. The summed E-state index contributed by atoms with van der Waals surface area (Å²) in [6, 6.07) is 12.9. The van der Waals surface area contributed by atoms with E-state index in [1.165, 1.54) is 4.90 Å². The standard InChI is InChI=1S/C21H21N3O6/c1-30-17-4-2-3-15(23-17)14-7-5-13(6-8-14)12-24-10-9-16(25)19(21(24)29)20(28)22-11-18(26)27/h2-8,19H,9-12H2,1H3,(H,22,28)(H,26,27). The number of nitrogens with one attached hydrogen (secondary N) is 1. The minimum atomic E-state index is -1.50. The molecule has 30 heavy (non-hydrogen) atoms. The van der Waals surface area contributed by atoms with Crippen LogP contribution in [-0.2, 0) is 25.7 Å². The second-order valence-electron chi connectivity index (χ2n) is 6.78. The summed E-state index contributed by atoms with van der Waals surface area (Å²) < 4.78 is 5.13. The molecule has 0 aliphatic carbocycles. The van der Waals surface area contributed by atoms with Crippen LogP contribution in [0.25, 0.3) is 11.3 Å². The molecular formula is C21H21N3O6. The second-order valence-corrected chi connectivity index (χ2v) is 6.78. The van der Waals surface area contributed by atoms with Crippen molar-refractivity contribution in [1.82, 2.24) is 15.2 Å². The molecule has 1 aromatic heterocycles. The van der Waals surface area contributed by atoms with Gasteiger partial charge in [-0.25, -0.2) is 4.98 Å². The molecule has 1 fully saturated rings. The molecule has 1 unspecified atom stereocenters. The van der Waals surface area contributed by atoms with E-state index < -0.39 is 36.0 Å². The van der Waals surface area contributed by atoms with Crippen LogP contribution in [0.15, 0.2) is 42.5 Å². The van der Waals surface area contributed by atoms with Crippen molar-refractivity contribution in [1.29, 1.82) is 0 Å². The lowest BCUT2D eigenvalue weighted by Crippen LogP contribution is -2.52. The van der Waals surface area contributed by atoms with Gasteiger partial charge in [0.05, 0.1) is 12.8 Å². The number of methoxy groups -OCH3 is 1. The van der Waals surface area contributed by atoms with Gasteiger partial charge in [0.15, 0.2) is 11.7 Å². The van der Waals surface area contributed by atoms with Crippen molar-refractivity contribution in [3.8, 4) is 17.1 Å². The van der Waals surface area contributed by atoms with E-state index in [9.17, 15) is 19.2 Å². The van der Waals surface area contributed by atoms with Crippen LogP contribution in [0.2, 0.25) is 0 Å². The first kappa shape index (κ1) is 21.0. The van der Waals surface area contributed by atoms with Gasteiger partial charge in [-0.15, -0.1) is 0 Å². The number of nitrogens with zero attached hydrogens (tertiary/aromatic N) is 2. The maximum absolute atomic E-state index is 12.7. The second kappa shape index (κ2) is 9.17. The molecule has 2 heterocycles. The number of carbonyl (C=O) groups excluding carboxylic acids is 3. The molecule has 0 saturated carbocycles. The van der Waals surface area contributed by atoms with Crippen LogP contribution < -0.4 is 10.1 Å². The lowest BCUT2D eigenvalue weighted by molar-refractivity contribution is -0.152. The number of amides is 2. The number of Topliss-reactive ketones (excluding diaryl/α,β-unsaturated/α-hetero) is 1. The van der Waals surface area contributed by atoms with Gasteiger partial charge >= 0.3 is 5.97 Å². The highest BCUT2D eigenvalue weighted by Crippen LogP contribution is 2.22. The molecule has 1 aliphatic rings. The highest BCUT2D eigenvalue weighted by Gasteiger charge is 2.40. The molecule has 1 aromatic carbocycles. The molecule has 1 atom stereocenters. The lowest BCUT2D eigenvalue weighted by atomic mass is 9.94. The Kier molecular flexibility index (Phi) is 6.41. The fourth-order valence-electron chi connectivity index (χ4n) is 3.19. The number of benzene rings is 1. The van der Waals surface area contributed by atoms with Crippen LogP contribution in [0.4, 0.5) is 0 Å². The highest BCUT2D eigenvalue weighted by atomic mass is 16.5. The van der Waals surface area contributed by atoms with Gasteiger partial charge in [0.1, 0.15) is 6.54 Å². The molecule has 0 bridgehead atoms. The normalized spacial score (nSPS) is 16.3. The molecule has 2 aromatic rings. The molecule has 156 valence electrons. The molecule has 1 aliphatic heterocycles. The Morgan fingerprint density at radius 1 is 1.20 bits per heavy atom. The summed E-state index contributed by atoms with van der Waals surface area (Å²) in [6.07, 6.45) is 0.0444. The smallest absolute Gasteiger partial charge is 0.322 e. The number of likely N-dealkylation sites (tertiary alicyclic amines) is 1. The molecule has 2 amide bonds. The number of piperidine rings is 1. The van der Waals surface area contributed by atoms with Gasteiger partial charge in [0, 0.05) is 31.1 Å². The average molecular weight is 411 g/mol. The third-order valence-corrected chi connectivity index (χ3v) is 4.74. The van der Waals surface area contributed by atoms with Gasteiger partial charge in [-0.1, -0.05) is 30.3 Å². The number of carbonyl (C=O) groups is 4. The Morgan fingerprint density at radius 2 is 1.93 bits per heavy atom. The summed E-state index contributed by atoms with van der Waals surface area (Å²) in [5.74, 6) is -4.24. The van der Waals surface area contributed by atoms with E-state index in [0.29, 0.717) is 5.88 Å². The molecular weight excluding hydrogens is 390 g/mol. The molecule has 3 rings (SSSR count). The first-order valence-corrected chi connectivity index (χ1v) is 9.30. The summed E-state index contributed by atoms with van der Waals surface area (Å²) in [6.45, 7) is -0.199. The van der Waals surface area contributed by atoms with E-state index in [-0.39, 0.29) is 19.5 Å². The molecule has 1 saturated heterocycles. The molecule has 0 spiro atoms. The number of pyridine rings is 1. The Bertz CT molecular complexity index is 973. The molecule has 2 N–H and O–H groups in total. The number of aromatic nitrogens is 1. The fraction of sp³-hybridized carbons (Fsp3) is 0.286. The number of carboxylic acids is 1. The zero-order valence-corrected chi connectivity index (χ0v) is 16.3. The van der Waals surface area contributed by atoms with E-state index in [4.69, 9.17) is 9.84 Å². The molecule has 0 radical (unpaired) electrons. The largest absolute Gasteiger partial charge is 0.481 e. The van der Waals surface area contributed by atoms with Crippen molar-refractivity contribution in [2.75, 3.05) is 20.2 Å². The minimum Gasteiger partial charge on any atom is -0.481 e. The lowest BCUT2D eigenvalue weighted by Gasteiger charge is -2.30. The number of carboxylic acid groups (broad SMARTS) is 1. The number of hydrogen-bond acceptors (Lipinski definition) is 6. The maximum atomic E-state index is 12.7. The zero-order chi connectivity index (χ0) is 21.7. The van der Waals surface area contributed by atoms with E-state index in [0.717, 1.165) is 16.8 Å². The van der Waals surface area contributed by atoms with E-state index in [1.54, 1.807) is 13.2 Å². The SMILES string of the molecule is COc1cccc(-c2ccc(CN3CCC(=O)C(C(=O)NCC(=O)O)C3=O)cc2)n1. The summed E-state index contributed by atoms with van der Waals surface area (Å²) in [7, 11) is 1.55. The van der Waals surface area contributed by atoms with E-state index in [1.807, 2.05) is 36.4 Å². The fourth-order valence-corrected chi connectivity index (χ4v) is 3.19. The monoisotopic (exact) mass is 411 g/mol. The van der Waals surface area contributed by atoms with Crippen LogP contribution in [0.1, 0.15) is 12.0 Å². The average Bonchev–Trinajstić information content (AvgIpc) is 2.75. The maximum Gasteiger partial charge on any atom is 0.322 e. The molecule has 9 nitrogen and oxygen atoms in total. The van der Waals surface area contributed by atoms with Crippen molar-refractivity contribution in [3.05, 3.63) is 48.0 Å². The van der Waals surface area contributed by atoms with Gasteiger partial charge in [-0.2, -0.15) is 0 Å². The van der Waals surface area contributed by atoms with Gasteiger partial charge in [-0.05, 0) is 11.6 Å². The zero-order valence-electron chi connectivity index (χ0n) is 16.3. The van der Waals surface area contributed by atoms with Gasteiger partial charge in [-0.3, -0.25) is 19.2 Å². The van der Waals surface area contributed by atoms with Gasteiger partial charge < -0.3 is 20.1 Å². The summed E-state index contributed by atoms with van der Waals surface area (Å²) >= 11 is 0. The number of hydrogen-bond donors (Lipinski definition) is 2. The van der Waals surface area contributed by atoms with Gasteiger partial charge in [0.2, 0.25) is 17.7 Å². The van der Waals surface area contributed by atoms with Crippen molar-refractivity contribution in [2.45, 2.75) is 13.0 Å². The van der Waals surface area contributed by atoms with E-state index in [2.05, 4.69) is 10.3 Å². The number of ether oxygens (including phenoxy) is 1. The topological polar surface area (TPSA) is 126 Å². The summed E-state index contributed by atoms with van der Waals surface area (Å²) in [5, 5.41) is 10.8. The summed E-state index contributed by atoms with van der Waals surface area (Å²) in [5.41, 5.74) is 2.45. The van der Waals surface area contributed by atoms with Crippen LogP contribution >= 0.6 is 0 Å². The number of ketones is 1. The van der Waals surface area contributed by atoms with Crippen molar-refractivity contribution >= 4 is 23.6 Å². The van der Waals surface area contributed by atoms with Crippen LogP contribution in [0, 0.1) is 5.92 Å². The predicted molar refractivity (Wildman–Crippen MR) is 105 cm³/mol. The Hall–Kier alpha value is -3.75. The van der Waals surface area contributed by atoms with E-state index >= 15 is 0 Å². The Morgan fingerprint density at radius 3 is 2.60 bits per heavy atom. The third kappa shape index (κ3) is 4.80. The first-order valence-electron chi connectivity index (χ1n) is 9.30. The number of rotatable bonds is 7. The van der Waals surface area contributed by atoms with Crippen molar-refractivity contribution in [3.63, 3.8) is 0 Å². The molecule has 9 heteroatoms. The van der Waals surface area contributed by atoms with Crippen LogP contribution in [-0.4, -0.2) is 58.8 Å². The predicted octanol–water partition coefficient (Wildman–Crippen LogP) is 0.876. The van der Waals surface area contributed by atoms with Gasteiger partial charge in [0.25, 0.3) is 0 Å². The first-order chi connectivity index (χ1) is 14.4. The Balaban J connectivity index is 1.69. The third-order valence-electron chi connectivity index (χ3n) is 4.74. The quantitative estimate of drug-likeness (QED) is 0.648. The van der Waals surface area contributed by atoms with Crippen LogP contribution in [0.3, 0.4) is 0 Å². The van der Waals surface area contributed by atoms with Crippen LogP contribution in [0.5, 0.6) is 5.88 Å². The number of aliphatic carboxylic acids is 1. The van der Waals surface area contributed by atoms with Crippen molar-refractivity contribution < 1.29 is 29.0 Å². The highest BCUT2D eigenvalue weighted by molar-refractivity contribution is 6.19. The Labute approximate surface area is 172 Å². The van der Waals surface area contributed by atoms with Crippen molar-refractivity contribution in [2.24, 2.45) is 5.92 Å². The summed E-state index contributed by atoms with van der Waals surface area (Å²) in [4.78, 5) is 53.3.